The fourth-order valence-electron chi connectivity index (χ4n) is 3.56. The molecule has 1 saturated heterocycles. The molecule has 0 saturated carbocycles. The summed E-state index contributed by atoms with van der Waals surface area (Å²) in [5, 5.41) is 10.8. The normalized spacial score (nSPS) is 14.5. The van der Waals surface area contributed by atoms with E-state index in [0.29, 0.717) is 44.0 Å². The number of aryl methyl sites for hydroxylation is 1. The number of hydrogen-bond acceptors (Lipinski definition) is 6. The van der Waals surface area contributed by atoms with Crippen molar-refractivity contribution >= 4 is 36.0 Å². The fraction of sp³-hybridized carbons (Fsp3) is 0.565. The molecule has 0 bridgehead atoms. The van der Waals surface area contributed by atoms with Crippen molar-refractivity contribution in [1.29, 1.82) is 0 Å². The van der Waals surface area contributed by atoms with Gasteiger partial charge in [-0.3, -0.25) is 4.99 Å². The molecule has 1 aliphatic heterocycles. The summed E-state index contributed by atoms with van der Waals surface area (Å²) in [6, 6.07) is 8.46. The SMILES string of the molecule is CCNC(=NCCc1ccc(-c2nc(CC)no2)cc1)NC1CCN(C(=O)OCC)CC1.I. The number of rotatable bonds is 8. The molecule has 2 heterocycles. The number of nitrogens with zero attached hydrogens (tertiary/aromatic N) is 4. The van der Waals surface area contributed by atoms with Gasteiger partial charge in [0, 0.05) is 44.2 Å². The van der Waals surface area contributed by atoms with Crippen molar-refractivity contribution in [3.05, 3.63) is 35.7 Å². The lowest BCUT2D eigenvalue weighted by molar-refractivity contribution is 0.0963. The Labute approximate surface area is 212 Å². The summed E-state index contributed by atoms with van der Waals surface area (Å²) < 4.78 is 10.4. The van der Waals surface area contributed by atoms with Crippen LogP contribution in [0.2, 0.25) is 0 Å². The third-order valence-electron chi connectivity index (χ3n) is 5.36. The highest BCUT2D eigenvalue weighted by atomic mass is 127. The van der Waals surface area contributed by atoms with Gasteiger partial charge in [-0.15, -0.1) is 24.0 Å². The molecule has 0 spiro atoms. The number of hydrogen-bond donors (Lipinski definition) is 2. The maximum atomic E-state index is 11.9. The average molecular weight is 570 g/mol. The summed E-state index contributed by atoms with van der Waals surface area (Å²) >= 11 is 0. The number of aliphatic imine (C=N–C) groups is 1. The molecule has 10 heteroatoms. The Kier molecular flexibility index (Phi) is 11.4. The number of guanidine groups is 1. The number of benzene rings is 1. The summed E-state index contributed by atoms with van der Waals surface area (Å²) in [6.07, 6.45) is 3.12. The van der Waals surface area contributed by atoms with E-state index in [2.05, 4.69) is 39.8 Å². The third-order valence-corrected chi connectivity index (χ3v) is 5.36. The average Bonchev–Trinajstić information content (AvgIpc) is 3.30. The molecule has 1 aromatic carbocycles. The predicted molar refractivity (Wildman–Crippen MR) is 139 cm³/mol. The van der Waals surface area contributed by atoms with Gasteiger partial charge in [0.1, 0.15) is 0 Å². The van der Waals surface area contributed by atoms with E-state index < -0.39 is 0 Å². The molecule has 1 fully saturated rings. The molecule has 9 nitrogen and oxygen atoms in total. The van der Waals surface area contributed by atoms with Crippen LogP contribution in [0.4, 0.5) is 4.79 Å². The Morgan fingerprint density at radius 1 is 1.21 bits per heavy atom. The van der Waals surface area contributed by atoms with E-state index in [1.807, 2.05) is 26.0 Å². The number of ether oxygens (including phenoxy) is 1. The summed E-state index contributed by atoms with van der Waals surface area (Å²) in [6.45, 7) is 9.16. The van der Waals surface area contributed by atoms with Crippen LogP contribution < -0.4 is 10.6 Å². The zero-order chi connectivity index (χ0) is 22.8. The van der Waals surface area contributed by atoms with Crippen LogP contribution in [-0.2, 0) is 17.6 Å². The van der Waals surface area contributed by atoms with Crippen molar-refractivity contribution in [2.24, 2.45) is 4.99 Å². The Morgan fingerprint density at radius 2 is 1.94 bits per heavy atom. The lowest BCUT2D eigenvalue weighted by atomic mass is 10.1. The molecule has 0 aliphatic carbocycles. The van der Waals surface area contributed by atoms with Gasteiger partial charge in [0.2, 0.25) is 0 Å². The molecular formula is C23H35IN6O3. The van der Waals surface area contributed by atoms with Crippen molar-refractivity contribution in [3.8, 4) is 11.5 Å². The first kappa shape index (κ1) is 26.9. The Balaban J connectivity index is 0.00000385. The molecular weight excluding hydrogens is 535 g/mol. The van der Waals surface area contributed by atoms with Crippen LogP contribution in [0.15, 0.2) is 33.8 Å². The molecule has 1 aromatic heterocycles. The number of halogens is 1. The van der Waals surface area contributed by atoms with Gasteiger partial charge in [-0.1, -0.05) is 24.2 Å². The zero-order valence-electron chi connectivity index (χ0n) is 19.7. The van der Waals surface area contributed by atoms with Crippen molar-refractivity contribution in [2.75, 3.05) is 32.8 Å². The van der Waals surface area contributed by atoms with Crippen molar-refractivity contribution in [3.63, 3.8) is 0 Å². The van der Waals surface area contributed by atoms with Gasteiger partial charge < -0.3 is 24.8 Å². The lowest BCUT2D eigenvalue weighted by Gasteiger charge is -2.32. The molecule has 0 unspecified atom stereocenters. The Hall–Kier alpha value is -2.37. The minimum Gasteiger partial charge on any atom is -0.450 e. The van der Waals surface area contributed by atoms with Gasteiger partial charge in [0.15, 0.2) is 11.8 Å². The van der Waals surface area contributed by atoms with E-state index in [1.165, 1.54) is 5.56 Å². The minimum absolute atomic E-state index is 0. The minimum atomic E-state index is -0.220. The number of aromatic nitrogens is 2. The summed E-state index contributed by atoms with van der Waals surface area (Å²) in [4.78, 5) is 22.7. The van der Waals surface area contributed by atoms with E-state index in [9.17, 15) is 4.79 Å². The number of carbonyl (C=O) groups excluding carboxylic acids is 1. The maximum Gasteiger partial charge on any atom is 0.409 e. The van der Waals surface area contributed by atoms with E-state index in [-0.39, 0.29) is 30.1 Å². The van der Waals surface area contributed by atoms with Gasteiger partial charge in [-0.25, -0.2) is 4.79 Å². The van der Waals surface area contributed by atoms with Crippen molar-refractivity contribution in [2.45, 2.75) is 52.5 Å². The van der Waals surface area contributed by atoms with Gasteiger partial charge in [0.25, 0.3) is 5.89 Å². The van der Waals surface area contributed by atoms with Crippen LogP contribution in [-0.4, -0.2) is 65.9 Å². The van der Waals surface area contributed by atoms with E-state index in [0.717, 1.165) is 43.8 Å². The van der Waals surface area contributed by atoms with Gasteiger partial charge >= 0.3 is 6.09 Å². The molecule has 2 N–H and O–H groups in total. The molecule has 2 aromatic rings. The van der Waals surface area contributed by atoms with Gasteiger partial charge in [-0.2, -0.15) is 4.98 Å². The topological polar surface area (TPSA) is 105 Å². The van der Waals surface area contributed by atoms with Gasteiger partial charge in [0.05, 0.1) is 6.61 Å². The van der Waals surface area contributed by atoms with Crippen molar-refractivity contribution in [1.82, 2.24) is 25.7 Å². The van der Waals surface area contributed by atoms with E-state index in [4.69, 9.17) is 14.3 Å². The number of nitrogens with one attached hydrogen (secondary N) is 2. The lowest BCUT2D eigenvalue weighted by Crippen LogP contribution is -2.50. The first-order valence-electron chi connectivity index (χ1n) is 11.5. The van der Waals surface area contributed by atoms with Crippen LogP contribution in [0.5, 0.6) is 0 Å². The van der Waals surface area contributed by atoms with E-state index >= 15 is 0 Å². The second kappa shape index (κ2) is 14.0. The van der Waals surface area contributed by atoms with Crippen LogP contribution >= 0.6 is 24.0 Å². The zero-order valence-corrected chi connectivity index (χ0v) is 22.0. The number of amides is 1. The standard InChI is InChI=1S/C23H34N6O3.HI/c1-4-20-27-21(32-28-20)18-9-7-17(8-10-18)11-14-25-22(24-5-2)26-19-12-15-29(16-13-19)23(30)31-6-3;/h7-10,19H,4-6,11-16H2,1-3H3,(H2,24,25,26);1H. The first-order valence-corrected chi connectivity index (χ1v) is 11.5. The number of carbonyl (C=O) groups is 1. The monoisotopic (exact) mass is 570 g/mol. The third kappa shape index (κ3) is 8.17. The first-order chi connectivity index (χ1) is 15.6. The highest BCUT2D eigenvalue weighted by Gasteiger charge is 2.24. The number of piperidine rings is 1. The van der Waals surface area contributed by atoms with Crippen LogP contribution in [0.3, 0.4) is 0 Å². The molecule has 33 heavy (non-hydrogen) atoms. The molecule has 1 aliphatic rings. The Bertz CT molecular complexity index is 879. The number of likely N-dealkylation sites (tertiary alicyclic amines) is 1. The van der Waals surface area contributed by atoms with Crippen LogP contribution in [0, 0.1) is 0 Å². The molecule has 0 atom stereocenters. The fourth-order valence-corrected chi connectivity index (χ4v) is 3.56. The summed E-state index contributed by atoms with van der Waals surface area (Å²) in [7, 11) is 0. The largest absolute Gasteiger partial charge is 0.450 e. The molecule has 3 rings (SSSR count). The van der Waals surface area contributed by atoms with Crippen LogP contribution in [0.25, 0.3) is 11.5 Å². The summed E-state index contributed by atoms with van der Waals surface area (Å²) in [5.74, 6) is 2.09. The Morgan fingerprint density at radius 3 is 2.55 bits per heavy atom. The quantitative estimate of drug-likeness (QED) is 0.284. The maximum absolute atomic E-state index is 11.9. The highest BCUT2D eigenvalue weighted by Crippen LogP contribution is 2.18. The summed E-state index contributed by atoms with van der Waals surface area (Å²) in [5.41, 5.74) is 2.12. The van der Waals surface area contributed by atoms with E-state index in [1.54, 1.807) is 4.90 Å². The molecule has 1 amide bonds. The second-order valence-corrected chi connectivity index (χ2v) is 7.68. The van der Waals surface area contributed by atoms with Crippen LogP contribution in [0.1, 0.15) is 45.0 Å². The highest BCUT2D eigenvalue weighted by molar-refractivity contribution is 14.0. The second-order valence-electron chi connectivity index (χ2n) is 7.68. The smallest absolute Gasteiger partial charge is 0.409 e. The van der Waals surface area contributed by atoms with Gasteiger partial charge in [-0.05, 0) is 50.8 Å². The molecule has 182 valence electrons. The predicted octanol–water partition coefficient (Wildman–Crippen LogP) is 3.64. The molecule has 0 radical (unpaired) electrons. The van der Waals surface area contributed by atoms with Crippen molar-refractivity contribution < 1.29 is 14.1 Å².